The van der Waals surface area contributed by atoms with E-state index < -0.39 is 5.54 Å². The van der Waals surface area contributed by atoms with E-state index in [0.717, 1.165) is 38.8 Å². The number of nitrogens with zero attached hydrogens (tertiary/aromatic N) is 1. The van der Waals surface area contributed by atoms with Crippen molar-refractivity contribution in [2.75, 3.05) is 26.2 Å². The number of hydrogen-bond donors (Lipinski definition) is 3. The molecule has 1 fully saturated rings. The molecule has 5 heteroatoms. The third-order valence-corrected chi connectivity index (χ3v) is 4.06. The molecule has 0 unspecified atom stereocenters. The van der Waals surface area contributed by atoms with Crippen LogP contribution < -0.4 is 11.1 Å². The van der Waals surface area contributed by atoms with E-state index in [-0.39, 0.29) is 18.6 Å². The molecular weight excluding hydrogens is 230 g/mol. The molecule has 0 atom stereocenters. The lowest BCUT2D eigenvalue weighted by molar-refractivity contribution is -0.125. The van der Waals surface area contributed by atoms with Crippen LogP contribution in [0.3, 0.4) is 0 Å². The normalized spacial score (nSPS) is 18.9. The molecule has 0 aromatic rings. The summed E-state index contributed by atoms with van der Waals surface area (Å²) in [5, 5.41) is 12.4. The van der Waals surface area contributed by atoms with E-state index in [9.17, 15) is 9.90 Å². The highest BCUT2D eigenvalue weighted by Gasteiger charge is 2.28. The second-order valence-corrected chi connectivity index (χ2v) is 5.31. The zero-order valence-corrected chi connectivity index (χ0v) is 11.6. The topological polar surface area (TPSA) is 78.6 Å². The van der Waals surface area contributed by atoms with Crippen LogP contribution in [0.4, 0.5) is 0 Å². The Kier molecular flexibility index (Phi) is 6.05. The fourth-order valence-electron chi connectivity index (χ4n) is 2.34. The van der Waals surface area contributed by atoms with Gasteiger partial charge in [0.05, 0.1) is 18.7 Å². The summed E-state index contributed by atoms with van der Waals surface area (Å²) in [5.41, 5.74) is 5.38. The van der Waals surface area contributed by atoms with Crippen LogP contribution in [0.25, 0.3) is 0 Å². The summed E-state index contributed by atoms with van der Waals surface area (Å²) in [6.07, 6.45) is 3.41. The van der Waals surface area contributed by atoms with Gasteiger partial charge in [-0.15, -0.1) is 0 Å². The first-order valence-electron chi connectivity index (χ1n) is 6.95. The van der Waals surface area contributed by atoms with Gasteiger partial charge in [-0.2, -0.15) is 0 Å². The second-order valence-electron chi connectivity index (χ2n) is 5.31. The van der Waals surface area contributed by atoms with Crippen molar-refractivity contribution in [2.24, 2.45) is 5.73 Å². The number of nitrogens with two attached hydrogens (primary N) is 1. The van der Waals surface area contributed by atoms with Gasteiger partial charge in [-0.25, -0.2) is 0 Å². The lowest BCUT2D eigenvalue weighted by Crippen LogP contribution is -2.54. The number of nitrogens with one attached hydrogen (secondary N) is 1. The minimum atomic E-state index is -0.455. The number of carbonyl (C=O) groups is 1. The Morgan fingerprint density at radius 2 is 1.94 bits per heavy atom. The summed E-state index contributed by atoms with van der Waals surface area (Å²) in [4.78, 5) is 14.1. The van der Waals surface area contributed by atoms with Crippen LogP contribution in [0.5, 0.6) is 0 Å². The van der Waals surface area contributed by atoms with Gasteiger partial charge in [0.1, 0.15) is 0 Å². The molecule has 5 nitrogen and oxygen atoms in total. The van der Waals surface area contributed by atoms with Crippen LogP contribution in [-0.2, 0) is 4.79 Å². The van der Waals surface area contributed by atoms with Gasteiger partial charge >= 0.3 is 0 Å². The van der Waals surface area contributed by atoms with Crippen LogP contribution in [-0.4, -0.2) is 53.7 Å². The molecule has 0 saturated carbocycles. The van der Waals surface area contributed by atoms with Crippen molar-refractivity contribution in [3.05, 3.63) is 0 Å². The predicted octanol–water partition coefficient (Wildman–Crippen LogP) is 0.0768. The second kappa shape index (κ2) is 7.07. The summed E-state index contributed by atoms with van der Waals surface area (Å²) in [7, 11) is 0. The third kappa shape index (κ3) is 4.23. The van der Waals surface area contributed by atoms with E-state index >= 15 is 0 Å². The molecule has 0 aliphatic carbocycles. The number of amides is 1. The third-order valence-electron chi connectivity index (χ3n) is 4.06. The lowest BCUT2D eigenvalue weighted by atomic mass is 9.94. The number of likely N-dealkylation sites (tertiary alicyclic amines) is 1. The van der Waals surface area contributed by atoms with Gasteiger partial charge < -0.3 is 16.2 Å². The zero-order valence-electron chi connectivity index (χ0n) is 11.6. The van der Waals surface area contributed by atoms with Crippen molar-refractivity contribution in [2.45, 2.75) is 51.1 Å². The molecule has 0 bridgehead atoms. The minimum Gasteiger partial charge on any atom is -0.394 e. The van der Waals surface area contributed by atoms with Crippen molar-refractivity contribution in [1.29, 1.82) is 0 Å². The van der Waals surface area contributed by atoms with Gasteiger partial charge in [0.25, 0.3) is 0 Å². The van der Waals surface area contributed by atoms with Gasteiger partial charge in [-0.1, -0.05) is 13.8 Å². The van der Waals surface area contributed by atoms with E-state index in [2.05, 4.69) is 10.2 Å². The molecule has 1 aliphatic rings. The maximum Gasteiger partial charge on any atom is 0.234 e. The highest BCUT2D eigenvalue weighted by molar-refractivity contribution is 5.78. The highest BCUT2D eigenvalue weighted by atomic mass is 16.3. The zero-order chi connectivity index (χ0) is 13.6. The average Bonchev–Trinajstić information content (AvgIpc) is 2.39. The average molecular weight is 257 g/mol. The number of aliphatic hydroxyl groups excluding tert-OH is 1. The van der Waals surface area contributed by atoms with Crippen molar-refractivity contribution in [3.8, 4) is 0 Å². The Labute approximate surface area is 110 Å². The van der Waals surface area contributed by atoms with Crippen molar-refractivity contribution in [3.63, 3.8) is 0 Å². The maximum absolute atomic E-state index is 12.0. The summed E-state index contributed by atoms with van der Waals surface area (Å²) < 4.78 is 0. The number of aliphatic hydroxyl groups is 1. The standard InChI is InChI=1S/C13H27N3O2/c1-3-13(4-2,10-17)15-12(18)9-16-7-5-11(14)6-8-16/h11,17H,3-10,14H2,1-2H3,(H,15,18). The molecule has 0 radical (unpaired) electrons. The Hall–Kier alpha value is -0.650. The van der Waals surface area contributed by atoms with E-state index in [0.29, 0.717) is 6.54 Å². The van der Waals surface area contributed by atoms with Gasteiger partial charge in [-0.05, 0) is 25.7 Å². The Morgan fingerprint density at radius 3 is 2.39 bits per heavy atom. The quantitative estimate of drug-likeness (QED) is 0.629. The van der Waals surface area contributed by atoms with Crippen LogP contribution in [0, 0.1) is 0 Å². The molecule has 1 amide bonds. The van der Waals surface area contributed by atoms with E-state index in [1.54, 1.807) is 0 Å². The first-order valence-corrected chi connectivity index (χ1v) is 6.95. The van der Waals surface area contributed by atoms with Crippen molar-refractivity contribution in [1.82, 2.24) is 10.2 Å². The van der Waals surface area contributed by atoms with E-state index in [4.69, 9.17) is 5.73 Å². The molecule has 4 N–H and O–H groups in total. The van der Waals surface area contributed by atoms with Crippen molar-refractivity contribution < 1.29 is 9.90 Å². The maximum atomic E-state index is 12.0. The molecule has 106 valence electrons. The van der Waals surface area contributed by atoms with E-state index in [1.807, 2.05) is 13.8 Å². The number of piperidine rings is 1. The number of hydrogen-bond acceptors (Lipinski definition) is 4. The summed E-state index contributed by atoms with van der Waals surface area (Å²) in [5.74, 6) is 0.00298. The molecule has 18 heavy (non-hydrogen) atoms. The van der Waals surface area contributed by atoms with Crippen LogP contribution in [0.15, 0.2) is 0 Å². The van der Waals surface area contributed by atoms with Gasteiger partial charge in [0, 0.05) is 19.1 Å². The van der Waals surface area contributed by atoms with Gasteiger partial charge in [-0.3, -0.25) is 9.69 Å². The molecule has 0 aromatic heterocycles. The largest absolute Gasteiger partial charge is 0.394 e. The number of rotatable bonds is 6. The molecule has 1 aliphatic heterocycles. The van der Waals surface area contributed by atoms with Gasteiger partial charge in [0.2, 0.25) is 5.91 Å². The van der Waals surface area contributed by atoms with Crippen molar-refractivity contribution >= 4 is 5.91 Å². The molecular formula is C13H27N3O2. The van der Waals surface area contributed by atoms with E-state index in [1.165, 1.54) is 0 Å². The van der Waals surface area contributed by atoms with Crippen LogP contribution in [0.1, 0.15) is 39.5 Å². The van der Waals surface area contributed by atoms with Crippen LogP contribution in [0.2, 0.25) is 0 Å². The van der Waals surface area contributed by atoms with Crippen LogP contribution >= 0.6 is 0 Å². The Bertz CT molecular complexity index is 251. The first kappa shape index (κ1) is 15.4. The monoisotopic (exact) mass is 257 g/mol. The van der Waals surface area contributed by atoms with Gasteiger partial charge in [0.15, 0.2) is 0 Å². The Morgan fingerprint density at radius 1 is 1.39 bits per heavy atom. The lowest BCUT2D eigenvalue weighted by Gasteiger charge is -2.33. The Balaban J connectivity index is 2.41. The smallest absolute Gasteiger partial charge is 0.234 e. The summed E-state index contributed by atoms with van der Waals surface area (Å²) >= 11 is 0. The fraction of sp³-hybridized carbons (Fsp3) is 0.923. The predicted molar refractivity (Wildman–Crippen MR) is 72.2 cm³/mol. The highest BCUT2D eigenvalue weighted by Crippen LogP contribution is 2.14. The SMILES string of the molecule is CCC(CC)(CO)NC(=O)CN1CCC(N)CC1. The molecule has 0 aromatic carbocycles. The summed E-state index contributed by atoms with van der Waals surface area (Å²) in [6, 6.07) is 0.284. The molecule has 1 rings (SSSR count). The minimum absolute atomic E-state index is 0.00298. The number of carbonyl (C=O) groups excluding carboxylic acids is 1. The fourth-order valence-corrected chi connectivity index (χ4v) is 2.34. The molecule has 1 heterocycles. The molecule has 0 spiro atoms. The first-order chi connectivity index (χ1) is 8.55. The summed E-state index contributed by atoms with van der Waals surface area (Å²) in [6.45, 7) is 6.16. The molecule has 1 saturated heterocycles.